The van der Waals surface area contributed by atoms with Crippen molar-refractivity contribution in [3.8, 4) is 0 Å². The van der Waals surface area contributed by atoms with Crippen LogP contribution in [0.1, 0.15) is 13.3 Å². The maximum absolute atomic E-state index is 6.06. The Morgan fingerprint density at radius 3 is 3.12 bits per heavy atom. The first-order valence-corrected chi connectivity index (χ1v) is 5.89. The monoisotopic (exact) mass is 232 g/mol. The molecular weight excluding hydrogens is 216 g/mol. The second kappa shape index (κ2) is 3.96. The van der Waals surface area contributed by atoms with Crippen LogP contribution in [0.15, 0.2) is 18.7 Å². The zero-order valence-electron chi connectivity index (χ0n) is 9.82. The maximum Gasteiger partial charge on any atom is 0.203 e. The molecule has 1 aliphatic rings. The summed E-state index contributed by atoms with van der Waals surface area (Å²) in [6.07, 6.45) is 6.39. The molecule has 6 nitrogen and oxygen atoms in total. The Hall–Kier alpha value is -1.69. The summed E-state index contributed by atoms with van der Waals surface area (Å²) in [5.74, 6) is 1.47. The zero-order valence-corrected chi connectivity index (χ0v) is 9.82. The highest BCUT2D eigenvalue weighted by molar-refractivity contribution is 5.63. The van der Waals surface area contributed by atoms with Gasteiger partial charge >= 0.3 is 0 Å². The zero-order chi connectivity index (χ0) is 11.8. The molecule has 3 heterocycles. The van der Waals surface area contributed by atoms with Crippen LogP contribution in [-0.4, -0.2) is 38.7 Å². The van der Waals surface area contributed by atoms with Crippen LogP contribution in [-0.2, 0) is 0 Å². The molecular formula is C11H16N6. The normalized spacial score (nSPS) is 25.4. The van der Waals surface area contributed by atoms with E-state index >= 15 is 0 Å². The van der Waals surface area contributed by atoms with Crippen LogP contribution in [0.4, 0.5) is 5.82 Å². The highest BCUT2D eigenvalue weighted by Gasteiger charge is 2.24. The average molecular weight is 232 g/mol. The van der Waals surface area contributed by atoms with Gasteiger partial charge in [-0.15, -0.1) is 10.2 Å². The van der Waals surface area contributed by atoms with Gasteiger partial charge in [0.05, 0.1) is 0 Å². The van der Waals surface area contributed by atoms with Crippen molar-refractivity contribution in [2.45, 2.75) is 19.4 Å². The highest BCUT2D eigenvalue weighted by Crippen LogP contribution is 2.23. The van der Waals surface area contributed by atoms with Crippen molar-refractivity contribution >= 4 is 11.5 Å². The van der Waals surface area contributed by atoms with Crippen LogP contribution < -0.4 is 10.6 Å². The van der Waals surface area contributed by atoms with E-state index in [2.05, 4.69) is 27.0 Å². The molecule has 1 saturated heterocycles. The number of aromatic nitrogens is 4. The standard InChI is InChI=1S/C11H16N6/c1-8-4-9(12)6-17(5-8)10-11-15-14-7-16(11)3-2-13-10/h2-3,7-9H,4-6,12H2,1H3. The van der Waals surface area contributed by atoms with Gasteiger partial charge in [-0.3, -0.25) is 4.40 Å². The second-order valence-corrected chi connectivity index (χ2v) is 4.82. The van der Waals surface area contributed by atoms with E-state index in [0.717, 1.165) is 31.0 Å². The molecule has 0 amide bonds. The van der Waals surface area contributed by atoms with Gasteiger partial charge in [0.2, 0.25) is 5.65 Å². The largest absolute Gasteiger partial charge is 0.352 e. The van der Waals surface area contributed by atoms with Gasteiger partial charge in [0, 0.05) is 31.5 Å². The lowest BCUT2D eigenvalue weighted by Crippen LogP contribution is -2.46. The van der Waals surface area contributed by atoms with Gasteiger partial charge in [-0.05, 0) is 12.3 Å². The quantitative estimate of drug-likeness (QED) is 0.765. The lowest BCUT2D eigenvalue weighted by molar-refractivity contribution is 0.400. The van der Waals surface area contributed by atoms with E-state index in [4.69, 9.17) is 5.73 Å². The fourth-order valence-electron chi connectivity index (χ4n) is 2.54. The molecule has 17 heavy (non-hydrogen) atoms. The smallest absolute Gasteiger partial charge is 0.203 e. The van der Waals surface area contributed by atoms with Gasteiger partial charge in [-0.25, -0.2) is 4.98 Å². The third-order valence-corrected chi connectivity index (χ3v) is 3.19. The van der Waals surface area contributed by atoms with Crippen LogP contribution in [0, 0.1) is 5.92 Å². The van der Waals surface area contributed by atoms with E-state index in [1.165, 1.54) is 0 Å². The van der Waals surface area contributed by atoms with Crippen LogP contribution in [0.2, 0.25) is 0 Å². The lowest BCUT2D eigenvalue weighted by Gasteiger charge is -2.35. The van der Waals surface area contributed by atoms with Gasteiger partial charge in [0.1, 0.15) is 6.33 Å². The van der Waals surface area contributed by atoms with Crippen molar-refractivity contribution in [1.82, 2.24) is 19.6 Å². The topological polar surface area (TPSA) is 72.3 Å². The van der Waals surface area contributed by atoms with Crippen LogP contribution in [0.25, 0.3) is 5.65 Å². The fourth-order valence-corrected chi connectivity index (χ4v) is 2.54. The molecule has 2 N–H and O–H groups in total. The molecule has 0 spiro atoms. The van der Waals surface area contributed by atoms with E-state index in [1.54, 1.807) is 12.5 Å². The van der Waals surface area contributed by atoms with Crippen LogP contribution >= 0.6 is 0 Å². The molecule has 0 aliphatic carbocycles. The summed E-state index contributed by atoms with van der Waals surface area (Å²) in [7, 11) is 0. The number of fused-ring (bicyclic) bond motifs is 1. The summed E-state index contributed by atoms with van der Waals surface area (Å²) < 4.78 is 1.88. The minimum Gasteiger partial charge on any atom is -0.352 e. The summed E-state index contributed by atoms with van der Waals surface area (Å²) >= 11 is 0. The van der Waals surface area contributed by atoms with Gasteiger partial charge < -0.3 is 10.6 Å². The van der Waals surface area contributed by atoms with E-state index in [-0.39, 0.29) is 6.04 Å². The van der Waals surface area contributed by atoms with Gasteiger partial charge in [-0.2, -0.15) is 0 Å². The number of piperidine rings is 1. The summed E-state index contributed by atoms with van der Waals surface area (Å²) in [6, 6.07) is 0.212. The molecule has 2 aromatic heterocycles. The third kappa shape index (κ3) is 1.84. The van der Waals surface area contributed by atoms with E-state index in [0.29, 0.717) is 5.92 Å². The van der Waals surface area contributed by atoms with Crippen molar-refractivity contribution in [2.75, 3.05) is 18.0 Å². The molecule has 0 radical (unpaired) electrons. The van der Waals surface area contributed by atoms with Crippen LogP contribution in [0.5, 0.6) is 0 Å². The summed E-state index contributed by atoms with van der Waals surface area (Å²) in [5, 5.41) is 8.02. The molecule has 2 aromatic rings. The Balaban J connectivity index is 2.00. The lowest BCUT2D eigenvalue weighted by atomic mass is 9.97. The molecule has 6 heteroatoms. The molecule has 3 rings (SSSR count). The Labute approximate surface area is 99.5 Å². The first-order valence-electron chi connectivity index (χ1n) is 5.89. The van der Waals surface area contributed by atoms with Crippen molar-refractivity contribution in [3.05, 3.63) is 18.7 Å². The Bertz CT molecular complexity index is 511. The Morgan fingerprint density at radius 1 is 1.41 bits per heavy atom. The van der Waals surface area contributed by atoms with Gasteiger partial charge in [0.15, 0.2) is 5.82 Å². The van der Waals surface area contributed by atoms with E-state index in [1.807, 2.05) is 10.6 Å². The number of nitrogens with two attached hydrogens (primary N) is 1. The molecule has 1 fully saturated rings. The predicted octanol–water partition coefficient (Wildman–Crippen LogP) is 0.298. The number of rotatable bonds is 1. The molecule has 0 aromatic carbocycles. The Kier molecular flexibility index (Phi) is 2.44. The van der Waals surface area contributed by atoms with Crippen molar-refractivity contribution in [3.63, 3.8) is 0 Å². The minimum absolute atomic E-state index is 0.212. The molecule has 0 bridgehead atoms. The maximum atomic E-state index is 6.06. The molecule has 2 unspecified atom stereocenters. The van der Waals surface area contributed by atoms with Crippen LogP contribution in [0.3, 0.4) is 0 Å². The predicted molar refractivity (Wildman–Crippen MR) is 64.8 cm³/mol. The number of nitrogens with zero attached hydrogens (tertiary/aromatic N) is 5. The van der Waals surface area contributed by atoms with Gasteiger partial charge in [-0.1, -0.05) is 6.92 Å². The molecule has 2 atom stereocenters. The van der Waals surface area contributed by atoms with E-state index < -0.39 is 0 Å². The van der Waals surface area contributed by atoms with Crippen molar-refractivity contribution in [2.24, 2.45) is 11.7 Å². The van der Waals surface area contributed by atoms with Gasteiger partial charge in [0.25, 0.3) is 0 Å². The SMILES string of the molecule is CC1CC(N)CN(c2nccn3cnnc23)C1. The fraction of sp³-hybridized carbons (Fsp3) is 0.545. The second-order valence-electron chi connectivity index (χ2n) is 4.82. The van der Waals surface area contributed by atoms with Crippen molar-refractivity contribution in [1.29, 1.82) is 0 Å². The first kappa shape index (κ1) is 10.5. The van der Waals surface area contributed by atoms with Crippen molar-refractivity contribution < 1.29 is 0 Å². The molecule has 0 saturated carbocycles. The molecule has 1 aliphatic heterocycles. The minimum atomic E-state index is 0.212. The average Bonchev–Trinajstić information content (AvgIpc) is 2.75. The summed E-state index contributed by atoms with van der Waals surface area (Å²) in [6.45, 7) is 4.03. The number of hydrogen-bond acceptors (Lipinski definition) is 5. The number of hydrogen-bond donors (Lipinski definition) is 1. The molecule has 90 valence electrons. The highest BCUT2D eigenvalue weighted by atomic mass is 15.3. The third-order valence-electron chi connectivity index (χ3n) is 3.19. The Morgan fingerprint density at radius 2 is 2.29 bits per heavy atom. The summed E-state index contributed by atoms with van der Waals surface area (Å²) in [4.78, 5) is 6.63. The summed E-state index contributed by atoms with van der Waals surface area (Å²) in [5.41, 5.74) is 6.86. The first-order chi connectivity index (χ1) is 8.24. The number of anilines is 1. The van der Waals surface area contributed by atoms with E-state index in [9.17, 15) is 0 Å².